The summed E-state index contributed by atoms with van der Waals surface area (Å²) in [5, 5.41) is 28.1. The lowest BCUT2D eigenvalue weighted by atomic mass is 10.8. The molecule has 8 nitrogen and oxygen atoms in total. The van der Waals surface area contributed by atoms with Gasteiger partial charge in [-0.05, 0) is 11.8 Å². The van der Waals surface area contributed by atoms with E-state index in [0.717, 1.165) is 0 Å². The molecule has 0 fully saturated rings. The zero-order valence-electron chi connectivity index (χ0n) is 8.60. The summed E-state index contributed by atoms with van der Waals surface area (Å²) in [6.45, 7) is 0. The van der Waals surface area contributed by atoms with E-state index in [9.17, 15) is 5.21 Å². The van der Waals surface area contributed by atoms with Crippen LogP contribution in [0.15, 0.2) is 22.8 Å². The predicted octanol–water partition coefficient (Wildman–Crippen LogP) is 0.393. The molecule has 0 aliphatic rings. The van der Waals surface area contributed by atoms with Gasteiger partial charge in [-0.1, -0.05) is 0 Å². The Labute approximate surface area is 95.1 Å². The van der Waals surface area contributed by atoms with Crippen molar-refractivity contribution in [2.45, 2.75) is 10.2 Å². The monoisotopic (exact) mass is 241 g/mol. The summed E-state index contributed by atoms with van der Waals surface area (Å²) in [5.41, 5.74) is 0. The summed E-state index contributed by atoms with van der Waals surface area (Å²) < 4.78 is 3.32. The van der Waals surface area contributed by atoms with Gasteiger partial charge < -0.3 is 19.6 Å². The van der Waals surface area contributed by atoms with Crippen LogP contribution >= 0.6 is 11.8 Å². The normalized spacial score (nSPS) is 10.8. The van der Waals surface area contributed by atoms with Gasteiger partial charge in [-0.2, -0.15) is 0 Å². The summed E-state index contributed by atoms with van der Waals surface area (Å²) in [6.07, 6.45) is 2.99. The molecule has 0 spiro atoms. The first-order chi connectivity index (χ1) is 7.59. The molecule has 2 aromatic heterocycles. The third kappa shape index (κ3) is 1.87. The molecule has 0 radical (unpaired) electrons. The molecule has 0 aliphatic heterocycles. The molecule has 2 rings (SSSR count). The number of hydrogen-bond acceptors (Lipinski definition) is 7. The third-order valence-corrected chi connectivity index (χ3v) is 3.12. The topological polar surface area (TPSA) is 95.1 Å². The van der Waals surface area contributed by atoms with Gasteiger partial charge in [-0.3, -0.25) is 5.21 Å². The van der Waals surface area contributed by atoms with Crippen LogP contribution in [0.3, 0.4) is 0 Å². The Morgan fingerprint density at radius 3 is 2.69 bits per heavy atom. The third-order valence-electron chi connectivity index (χ3n) is 1.90. The summed E-state index contributed by atoms with van der Waals surface area (Å²) in [6, 6.07) is 0. The standard InChI is InChI=1S/C7H9N6O2S/c1-11-3-8-5(13(14)15)6(11)16-7-10-9-4-12(7)2/h3-4,14H,1-2H3/q-1. The first-order valence-corrected chi connectivity index (χ1v) is 5.10. The van der Waals surface area contributed by atoms with Crippen molar-refractivity contribution in [1.29, 1.82) is 0 Å². The maximum Gasteiger partial charge on any atom is 0.197 e. The number of aryl methyl sites for hydroxylation is 2. The highest BCUT2D eigenvalue weighted by molar-refractivity contribution is 7.99. The number of nitrogens with zero attached hydrogens (tertiary/aromatic N) is 6. The fraction of sp³-hybridized carbons (Fsp3) is 0.286. The molecule has 0 aromatic carbocycles. The van der Waals surface area contributed by atoms with Crippen LogP contribution in [-0.2, 0) is 14.1 Å². The SMILES string of the molecule is Cn1cnnc1Sc1c(N([O-])O)ncn1C. The molecular weight excluding hydrogens is 232 g/mol. The molecule has 0 aliphatic carbocycles. The van der Waals surface area contributed by atoms with Gasteiger partial charge in [0.1, 0.15) is 11.4 Å². The van der Waals surface area contributed by atoms with Crippen LogP contribution in [0.25, 0.3) is 0 Å². The zero-order chi connectivity index (χ0) is 11.7. The molecule has 0 unspecified atom stereocenters. The van der Waals surface area contributed by atoms with Crippen molar-refractivity contribution < 1.29 is 5.21 Å². The first kappa shape index (κ1) is 10.9. The highest BCUT2D eigenvalue weighted by Crippen LogP contribution is 2.31. The zero-order valence-corrected chi connectivity index (χ0v) is 9.42. The average Bonchev–Trinajstić information content (AvgIpc) is 2.76. The Hall–Kier alpha value is -1.58. The Balaban J connectivity index is 2.34. The van der Waals surface area contributed by atoms with E-state index in [0.29, 0.717) is 10.2 Å². The van der Waals surface area contributed by atoms with Crippen molar-refractivity contribution in [3.05, 3.63) is 17.9 Å². The van der Waals surface area contributed by atoms with E-state index in [1.807, 2.05) is 0 Å². The van der Waals surface area contributed by atoms with Crippen LogP contribution in [0.2, 0.25) is 0 Å². The quantitative estimate of drug-likeness (QED) is 0.776. The van der Waals surface area contributed by atoms with Crippen LogP contribution in [0, 0.1) is 5.21 Å². The smallest absolute Gasteiger partial charge is 0.197 e. The maximum absolute atomic E-state index is 10.8. The number of aromatic nitrogens is 5. The van der Waals surface area contributed by atoms with Gasteiger partial charge in [0.05, 0.1) is 6.33 Å². The van der Waals surface area contributed by atoms with E-state index in [-0.39, 0.29) is 11.0 Å². The minimum atomic E-state index is -0.265. The number of hydrogen-bond donors (Lipinski definition) is 1. The summed E-state index contributed by atoms with van der Waals surface area (Å²) in [7, 11) is 3.50. The van der Waals surface area contributed by atoms with Crippen molar-refractivity contribution in [2.24, 2.45) is 14.1 Å². The molecule has 2 heterocycles. The minimum Gasteiger partial charge on any atom is -0.732 e. The molecule has 0 saturated carbocycles. The molecule has 2 aromatic rings. The second-order valence-corrected chi connectivity index (χ2v) is 4.04. The van der Waals surface area contributed by atoms with E-state index >= 15 is 0 Å². The van der Waals surface area contributed by atoms with Gasteiger partial charge in [0, 0.05) is 14.1 Å². The molecule has 0 saturated heterocycles. The fourth-order valence-electron chi connectivity index (χ4n) is 1.11. The van der Waals surface area contributed by atoms with Crippen LogP contribution in [0.1, 0.15) is 0 Å². The summed E-state index contributed by atoms with van der Waals surface area (Å²) in [5.74, 6) is -0.0597. The summed E-state index contributed by atoms with van der Waals surface area (Å²) >= 11 is 1.20. The molecular formula is C7H9N6O2S-. The lowest BCUT2D eigenvalue weighted by Gasteiger charge is -2.19. The highest BCUT2D eigenvalue weighted by Gasteiger charge is 2.14. The van der Waals surface area contributed by atoms with E-state index in [1.165, 1.54) is 18.1 Å². The van der Waals surface area contributed by atoms with E-state index < -0.39 is 0 Å². The minimum absolute atomic E-state index is 0.0597. The lowest BCUT2D eigenvalue weighted by molar-refractivity contribution is 0.291. The van der Waals surface area contributed by atoms with Gasteiger partial charge in [0.25, 0.3) is 0 Å². The fourth-order valence-corrected chi connectivity index (χ4v) is 1.97. The molecule has 0 bridgehead atoms. The Morgan fingerprint density at radius 1 is 1.38 bits per heavy atom. The average molecular weight is 241 g/mol. The van der Waals surface area contributed by atoms with Crippen molar-refractivity contribution in [1.82, 2.24) is 24.3 Å². The second kappa shape index (κ2) is 4.12. The largest absolute Gasteiger partial charge is 0.732 e. The second-order valence-electron chi connectivity index (χ2n) is 3.08. The van der Waals surface area contributed by atoms with Gasteiger partial charge in [0.2, 0.25) is 0 Å². The number of anilines is 1. The van der Waals surface area contributed by atoms with Crippen molar-refractivity contribution >= 4 is 17.6 Å². The Bertz CT molecular complexity index is 493. The number of imidazole rings is 1. The molecule has 0 amide bonds. The molecule has 0 atom stereocenters. The van der Waals surface area contributed by atoms with E-state index in [1.54, 1.807) is 29.6 Å². The Kier molecular flexibility index (Phi) is 2.81. The van der Waals surface area contributed by atoms with Crippen LogP contribution in [0.5, 0.6) is 0 Å². The van der Waals surface area contributed by atoms with Crippen molar-refractivity contribution in [3.8, 4) is 0 Å². The van der Waals surface area contributed by atoms with E-state index in [2.05, 4.69) is 15.2 Å². The van der Waals surface area contributed by atoms with Crippen molar-refractivity contribution in [2.75, 3.05) is 5.23 Å². The van der Waals surface area contributed by atoms with Gasteiger partial charge in [0.15, 0.2) is 11.0 Å². The van der Waals surface area contributed by atoms with Crippen LogP contribution < -0.4 is 5.23 Å². The lowest BCUT2D eigenvalue weighted by Crippen LogP contribution is -2.09. The van der Waals surface area contributed by atoms with E-state index in [4.69, 9.17) is 5.21 Å². The van der Waals surface area contributed by atoms with Crippen LogP contribution in [-0.4, -0.2) is 29.5 Å². The summed E-state index contributed by atoms with van der Waals surface area (Å²) in [4.78, 5) is 3.77. The molecule has 16 heavy (non-hydrogen) atoms. The highest BCUT2D eigenvalue weighted by atomic mass is 32.2. The van der Waals surface area contributed by atoms with Crippen LogP contribution in [0.4, 0.5) is 5.82 Å². The van der Waals surface area contributed by atoms with Crippen molar-refractivity contribution in [3.63, 3.8) is 0 Å². The maximum atomic E-state index is 10.8. The molecule has 1 N–H and O–H groups in total. The van der Waals surface area contributed by atoms with Gasteiger partial charge in [-0.25, -0.2) is 4.98 Å². The Morgan fingerprint density at radius 2 is 2.12 bits per heavy atom. The van der Waals surface area contributed by atoms with Gasteiger partial charge >= 0.3 is 0 Å². The van der Waals surface area contributed by atoms with Gasteiger partial charge in [-0.15, -0.1) is 10.2 Å². The number of rotatable bonds is 3. The molecule has 86 valence electrons. The predicted molar refractivity (Wildman–Crippen MR) is 56.0 cm³/mol. The molecule has 9 heteroatoms. The first-order valence-electron chi connectivity index (χ1n) is 4.29.